The van der Waals surface area contributed by atoms with E-state index in [1.165, 1.54) is 36.4 Å². The van der Waals surface area contributed by atoms with Crippen LogP contribution in [-0.2, 0) is 6.54 Å². The Hall–Kier alpha value is -1.23. The monoisotopic (exact) mass is 301 g/mol. The van der Waals surface area contributed by atoms with Gasteiger partial charge in [-0.2, -0.15) is 0 Å². The van der Waals surface area contributed by atoms with Gasteiger partial charge in [0, 0.05) is 29.7 Å². The highest BCUT2D eigenvalue weighted by Crippen LogP contribution is 2.20. The first-order valence-electron chi connectivity index (χ1n) is 7.72. The van der Waals surface area contributed by atoms with Gasteiger partial charge in [-0.1, -0.05) is 30.3 Å². The molecule has 0 amide bonds. The number of nitrogens with one attached hydrogen (secondary N) is 1. The van der Waals surface area contributed by atoms with Crippen molar-refractivity contribution >= 4 is 11.3 Å². The summed E-state index contributed by atoms with van der Waals surface area (Å²) in [5.74, 6) is 0. The van der Waals surface area contributed by atoms with Gasteiger partial charge in [0.25, 0.3) is 0 Å². The molecular weight excluding hydrogens is 278 g/mol. The molecule has 21 heavy (non-hydrogen) atoms. The van der Waals surface area contributed by atoms with Crippen LogP contribution in [-0.4, -0.2) is 29.0 Å². The van der Waals surface area contributed by atoms with Crippen molar-refractivity contribution in [1.82, 2.24) is 15.2 Å². The summed E-state index contributed by atoms with van der Waals surface area (Å²) >= 11 is 1.74. The van der Waals surface area contributed by atoms with Crippen molar-refractivity contribution < 1.29 is 0 Å². The number of thiazole rings is 1. The lowest BCUT2D eigenvalue weighted by atomic mass is 10.0. The zero-order valence-corrected chi connectivity index (χ0v) is 13.4. The Morgan fingerprint density at radius 2 is 2.05 bits per heavy atom. The highest BCUT2D eigenvalue weighted by Gasteiger charge is 2.21. The molecular formula is C17H23N3S. The molecule has 1 aromatic heterocycles. The average Bonchev–Trinajstić information content (AvgIpc) is 3.05. The summed E-state index contributed by atoms with van der Waals surface area (Å²) in [5.41, 5.74) is 3.33. The third-order valence-corrected chi connectivity index (χ3v) is 5.16. The highest BCUT2D eigenvalue weighted by molar-refractivity contribution is 7.09. The summed E-state index contributed by atoms with van der Waals surface area (Å²) in [6.45, 7) is 5.69. The van der Waals surface area contributed by atoms with Crippen LogP contribution in [0.1, 0.15) is 36.2 Å². The third kappa shape index (κ3) is 4.13. The molecule has 0 spiro atoms. The first kappa shape index (κ1) is 14.7. The summed E-state index contributed by atoms with van der Waals surface area (Å²) in [6.07, 6.45) is 4.44. The molecule has 3 nitrogen and oxygen atoms in total. The SMILES string of the molecule is CC(NC1CCN(Cc2ccccc2)CC1)c1cncs1. The zero-order valence-electron chi connectivity index (χ0n) is 12.5. The second kappa shape index (κ2) is 7.16. The number of aromatic nitrogens is 1. The van der Waals surface area contributed by atoms with Gasteiger partial charge >= 0.3 is 0 Å². The molecule has 1 fully saturated rings. The lowest BCUT2D eigenvalue weighted by Gasteiger charge is -2.33. The van der Waals surface area contributed by atoms with Crippen molar-refractivity contribution in [2.24, 2.45) is 0 Å². The molecule has 1 unspecified atom stereocenters. The van der Waals surface area contributed by atoms with Gasteiger partial charge in [0.2, 0.25) is 0 Å². The second-order valence-electron chi connectivity index (χ2n) is 5.83. The van der Waals surface area contributed by atoms with Crippen molar-refractivity contribution in [3.05, 3.63) is 52.5 Å². The van der Waals surface area contributed by atoms with Crippen LogP contribution < -0.4 is 5.32 Å². The molecule has 0 radical (unpaired) electrons. The summed E-state index contributed by atoms with van der Waals surface area (Å²) in [7, 11) is 0. The topological polar surface area (TPSA) is 28.2 Å². The Labute approximate surface area is 131 Å². The molecule has 1 saturated heterocycles. The fraction of sp³-hybridized carbons (Fsp3) is 0.471. The van der Waals surface area contributed by atoms with E-state index >= 15 is 0 Å². The van der Waals surface area contributed by atoms with E-state index in [1.807, 2.05) is 11.7 Å². The van der Waals surface area contributed by atoms with Crippen LogP contribution in [0.3, 0.4) is 0 Å². The number of piperidine rings is 1. The molecule has 3 rings (SSSR count). The minimum Gasteiger partial charge on any atom is -0.307 e. The summed E-state index contributed by atoms with van der Waals surface area (Å²) in [4.78, 5) is 8.06. The summed E-state index contributed by atoms with van der Waals surface area (Å²) in [6, 6.07) is 11.8. The van der Waals surface area contributed by atoms with Crippen LogP contribution in [0.5, 0.6) is 0 Å². The lowest BCUT2D eigenvalue weighted by molar-refractivity contribution is 0.185. The van der Waals surface area contributed by atoms with E-state index in [0.717, 1.165) is 6.54 Å². The van der Waals surface area contributed by atoms with Gasteiger partial charge in [-0.3, -0.25) is 9.88 Å². The standard InChI is InChI=1S/C17H23N3S/c1-14(17-11-18-13-21-17)19-16-7-9-20(10-8-16)12-15-5-3-2-4-6-15/h2-6,11,13-14,16,19H,7-10,12H2,1H3. The van der Waals surface area contributed by atoms with Crippen molar-refractivity contribution in [2.45, 2.75) is 38.4 Å². The smallest absolute Gasteiger partial charge is 0.0794 e. The maximum absolute atomic E-state index is 4.17. The number of benzene rings is 1. The molecule has 1 atom stereocenters. The minimum absolute atomic E-state index is 0.420. The molecule has 1 aliphatic heterocycles. The minimum atomic E-state index is 0.420. The van der Waals surface area contributed by atoms with Gasteiger partial charge in [-0.25, -0.2) is 0 Å². The third-order valence-electron chi connectivity index (χ3n) is 4.20. The van der Waals surface area contributed by atoms with Gasteiger partial charge in [0.05, 0.1) is 5.51 Å². The molecule has 112 valence electrons. The number of rotatable bonds is 5. The van der Waals surface area contributed by atoms with E-state index in [1.54, 1.807) is 11.3 Å². The van der Waals surface area contributed by atoms with Gasteiger partial charge < -0.3 is 5.32 Å². The second-order valence-corrected chi connectivity index (χ2v) is 6.75. The van der Waals surface area contributed by atoms with Crippen LogP contribution in [0.15, 0.2) is 42.0 Å². The van der Waals surface area contributed by atoms with E-state index in [2.05, 4.69) is 52.5 Å². The van der Waals surface area contributed by atoms with Crippen LogP contribution in [0.2, 0.25) is 0 Å². The molecule has 2 aromatic rings. The molecule has 0 saturated carbocycles. The van der Waals surface area contributed by atoms with Gasteiger partial charge in [-0.15, -0.1) is 11.3 Å². The molecule has 0 bridgehead atoms. The predicted octanol–water partition coefficient (Wildman–Crippen LogP) is 3.46. The van der Waals surface area contributed by atoms with Gasteiger partial charge in [0.1, 0.15) is 0 Å². The van der Waals surface area contributed by atoms with Crippen molar-refractivity contribution in [3.8, 4) is 0 Å². The van der Waals surface area contributed by atoms with Crippen LogP contribution in [0.4, 0.5) is 0 Å². The quantitative estimate of drug-likeness (QED) is 0.916. The number of likely N-dealkylation sites (tertiary alicyclic amines) is 1. The Bertz CT molecular complexity index is 518. The molecule has 1 aromatic carbocycles. The van der Waals surface area contributed by atoms with E-state index in [-0.39, 0.29) is 0 Å². The van der Waals surface area contributed by atoms with E-state index in [4.69, 9.17) is 0 Å². The van der Waals surface area contributed by atoms with Crippen molar-refractivity contribution in [2.75, 3.05) is 13.1 Å². The first-order chi connectivity index (χ1) is 10.3. The Morgan fingerprint density at radius 3 is 2.71 bits per heavy atom. The first-order valence-corrected chi connectivity index (χ1v) is 8.60. The van der Waals surface area contributed by atoms with Crippen LogP contribution in [0, 0.1) is 0 Å². The Balaban J connectivity index is 1.45. The molecule has 2 heterocycles. The summed E-state index contributed by atoms with van der Waals surface area (Å²) < 4.78 is 0. The Morgan fingerprint density at radius 1 is 1.29 bits per heavy atom. The van der Waals surface area contributed by atoms with E-state index in [0.29, 0.717) is 12.1 Å². The molecule has 1 aliphatic rings. The Kier molecular flexibility index (Phi) is 5.01. The number of hydrogen-bond donors (Lipinski definition) is 1. The lowest BCUT2D eigenvalue weighted by Crippen LogP contribution is -2.42. The molecule has 4 heteroatoms. The average molecular weight is 301 g/mol. The fourth-order valence-electron chi connectivity index (χ4n) is 2.97. The normalized spacial score (nSPS) is 18.7. The van der Waals surface area contributed by atoms with E-state index < -0.39 is 0 Å². The van der Waals surface area contributed by atoms with Crippen molar-refractivity contribution in [1.29, 1.82) is 0 Å². The highest BCUT2D eigenvalue weighted by atomic mass is 32.1. The number of nitrogens with zero attached hydrogens (tertiary/aromatic N) is 2. The maximum Gasteiger partial charge on any atom is 0.0794 e. The van der Waals surface area contributed by atoms with Gasteiger partial charge in [-0.05, 0) is 38.4 Å². The zero-order chi connectivity index (χ0) is 14.5. The summed E-state index contributed by atoms with van der Waals surface area (Å²) in [5, 5.41) is 3.75. The largest absolute Gasteiger partial charge is 0.307 e. The number of hydrogen-bond acceptors (Lipinski definition) is 4. The van der Waals surface area contributed by atoms with Gasteiger partial charge in [0.15, 0.2) is 0 Å². The molecule has 1 N–H and O–H groups in total. The van der Waals surface area contributed by atoms with Crippen LogP contribution in [0.25, 0.3) is 0 Å². The van der Waals surface area contributed by atoms with Crippen molar-refractivity contribution in [3.63, 3.8) is 0 Å². The predicted molar refractivity (Wildman–Crippen MR) is 88.4 cm³/mol. The fourth-order valence-corrected chi connectivity index (χ4v) is 3.61. The van der Waals surface area contributed by atoms with E-state index in [9.17, 15) is 0 Å². The van der Waals surface area contributed by atoms with Crippen LogP contribution >= 0.6 is 11.3 Å². The maximum atomic E-state index is 4.17. The molecule has 0 aliphatic carbocycles.